The molecule has 0 saturated heterocycles. The molecular formula is C16H13N3O2. The zero-order valence-corrected chi connectivity index (χ0v) is 11.1. The van der Waals surface area contributed by atoms with Gasteiger partial charge in [0.1, 0.15) is 11.3 Å². The molecule has 0 aliphatic carbocycles. The van der Waals surface area contributed by atoms with Crippen molar-refractivity contribution in [1.29, 1.82) is 0 Å². The van der Waals surface area contributed by atoms with E-state index in [1.54, 1.807) is 30.5 Å². The van der Waals surface area contributed by atoms with Gasteiger partial charge in [0.05, 0.1) is 0 Å². The molecule has 0 aliphatic heterocycles. The predicted octanol–water partition coefficient (Wildman–Crippen LogP) is 2.71. The number of pyridine rings is 1. The summed E-state index contributed by atoms with van der Waals surface area (Å²) in [6.07, 6.45) is 1.54. The fourth-order valence-corrected chi connectivity index (χ4v) is 2.15. The van der Waals surface area contributed by atoms with E-state index in [2.05, 4.69) is 4.98 Å². The smallest absolute Gasteiger partial charge is 0.254 e. The van der Waals surface area contributed by atoms with E-state index in [0.717, 1.165) is 10.8 Å². The molecule has 0 fully saturated rings. The molecule has 2 aromatic carbocycles. The molecule has 21 heavy (non-hydrogen) atoms. The van der Waals surface area contributed by atoms with Crippen molar-refractivity contribution in [2.24, 2.45) is 5.73 Å². The Morgan fingerprint density at radius 1 is 1.00 bits per heavy atom. The summed E-state index contributed by atoms with van der Waals surface area (Å²) in [6, 6.07) is 14.3. The maximum atomic E-state index is 11.4. The van der Waals surface area contributed by atoms with Crippen molar-refractivity contribution in [3.05, 3.63) is 60.3 Å². The minimum absolute atomic E-state index is 0.180. The van der Waals surface area contributed by atoms with E-state index in [0.29, 0.717) is 11.4 Å². The molecule has 1 amide bonds. The Morgan fingerprint density at radius 3 is 2.52 bits per heavy atom. The lowest BCUT2D eigenvalue weighted by Crippen LogP contribution is -2.12. The Morgan fingerprint density at radius 2 is 1.76 bits per heavy atom. The molecule has 4 N–H and O–H groups in total. The molecule has 1 heterocycles. The van der Waals surface area contributed by atoms with Gasteiger partial charge < -0.3 is 16.2 Å². The Labute approximate surface area is 121 Å². The minimum Gasteiger partial charge on any atom is -0.438 e. The highest BCUT2D eigenvalue weighted by Crippen LogP contribution is 2.33. The van der Waals surface area contributed by atoms with Gasteiger partial charge in [-0.3, -0.25) is 4.79 Å². The van der Waals surface area contributed by atoms with Gasteiger partial charge >= 0.3 is 0 Å². The van der Waals surface area contributed by atoms with E-state index in [9.17, 15) is 4.79 Å². The Hall–Kier alpha value is -3.08. The molecule has 0 aliphatic rings. The zero-order valence-electron chi connectivity index (χ0n) is 11.1. The van der Waals surface area contributed by atoms with Crippen LogP contribution in [0.1, 0.15) is 10.4 Å². The quantitative estimate of drug-likeness (QED) is 0.721. The van der Waals surface area contributed by atoms with Crippen molar-refractivity contribution in [1.82, 2.24) is 4.98 Å². The second-order valence-electron chi connectivity index (χ2n) is 4.52. The lowest BCUT2D eigenvalue weighted by Gasteiger charge is -2.11. The van der Waals surface area contributed by atoms with Crippen LogP contribution < -0.4 is 16.2 Å². The monoisotopic (exact) mass is 279 g/mol. The van der Waals surface area contributed by atoms with E-state index in [-0.39, 0.29) is 11.4 Å². The van der Waals surface area contributed by atoms with Crippen LogP contribution in [0.25, 0.3) is 10.8 Å². The van der Waals surface area contributed by atoms with Crippen LogP contribution in [-0.4, -0.2) is 10.9 Å². The lowest BCUT2D eigenvalue weighted by atomic mass is 10.1. The number of ether oxygens (including phenoxy) is 1. The van der Waals surface area contributed by atoms with Crippen LogP contribution in [-0.2, 0) is 0 Å². The summed E-state index contributed by atoms with van der Waals surface area (Å²) in [7, 11) is 0. The van der Waals surface area contributed by atoms with Crippen LogP contribution in [0.2, 0.25) is 0 Å². The molecular weight excluding hydrogens is 266 g/mol. The normalized spacial score (nSPS) is 10.5. The number of nitrogen functional groups attached to an aromatic ring is 1. The molecule has 0 radical (unpaired) electrons. The number of hydrogen-bond donors (Lipinski definition) is 2. The summed E-state index contributed by atoms with van der Waals surface area (Å²) in [5, 5.41) is 1.73. The van der Waals surface area contributed by atoms with Crippen LogP contribution in [0.4, 0.5) is 5.69 Å². The lowest BCUT2D eigenvalue weighted by molar-refractivity contribution is 0.0997. The first-order chi connectivity index (χ1) is 10.2. The molecule has 5 nitrogen and oxygen atoms in total. The number of anilines is 1. The highest BCUT2D eigenvalue weighted by molar-refractivity contribution is 5.98. The number of aromatic nitrogens is 1. The first kappa shape index (κ1) is 12.9. The number of hydrogen-bond acceptors (Lipinski definition) is 4. The van der Waals surface area contributed by atoms with Crippen molar-refractivity contribution in [2.75, 3.05) is 5.73 Å². The topological polar surface area (TPSA) is 91.2 Å². The van der Waals surface area contributed by atoms with Gasteiger partial charge in [0.15, 0.2) is 0 Å². The van der Waals surface area contributed by atoms with E-state index in [4.69, 9.17) is 16.2 Å². The average molecular weight is 279 g/mol. The highest BCUT2D eigenvalue weighted by atomic mass is 16.5. The number of benzene rings is 2. The van der Waals surface area contributed by atoms with Crippen molar-refractivity contribution in [3.63, 3.8) is 0 Å². The van der Waals surface area contributed by atoms with Crippen LogP contribution in [0.15, 0.2) is 54.7 Å². The fraction of sp³-hybridized carbons (Fsp3) is 0. The molecule has 0 spiro atoms. The average Bonchev–Trinajstić information content (AvgIpc) is 2.51. The number of carbonyl (C=O) groups excluding carboxylic acids is 1. The summed E-state index contributed by atoms with van der Waals surface area (Å²) in [4.78, 5) is 15.5. The Bertz CT molecular complexity index is 831. The van der Waals surface area contributed by atoms with Crippen LogP contribution in [0.3, 0.4) is 0 Å². The van der Waals surface area contributed by atoms with Crippen LogP contribution >= 0.6 is 0 Å². The van der Waals surface area contributed by atoms with Gasteiger partial charge in [-0.25, -0.2) is 4.98 Å². The van der Waals surface area contributed by atoms with Gasteiger partial charge in [0.25, 0.3) is 5.91 Å². The van der Waals surface area contributed by atoms with E-state index in [1.807, 2.05) is 24.3 Å². The third-order valence-corrected chi connectivity index (χ3v) is 3.16. The van der Waals surface area contributed by atoms with Gasteiger partial charge in [-0.15, -0.1) is 0 Å². The summed E-state index contributed by atoms with van der Waals surface area (Å²) in [5.74, 6) is 0.166. The summed E-state index contributed by atoms with van der Waals surface area (Å²) < 4.78 is 5.77. The summed E-state index contributed by atoms with van der Waals surface area (Å²) >= 11 is 0. The number of primary amides is 1. The number of amides is 1. The van der Waals surface area contributed by atoms with Crippen molar-refractivity contribution < 1.29 is 9.53 Å². The molecule has 0 unspecified atom stereocenters. The molecule has 3 rings (SSSR count). The first-order valence-corrected chi connectivity index (χ1v) is 6.36. The largest absolute Gasteiger partial charge is 0.438 e. The van der Waals surface area contributed by atoms with Crippen LogP contribution in [0, 0.1) is 0 Å². The van der Waals surface area contributed by atoms with E-state index >= 15 is 0 Å². The maximum absolute atomic E-state index is 11.4. The molecule has 104 valence electrons. The number of nitrogens with two attached hydrogens (primary N) is 2. The second-order valence-corrected chi connectivity index (χ2v) is 4.52. The standard InChI is InChI=1S/C16H13N3O2/c17-13-7-8-14(11-5-2-1-4-10(11)13)21-16-12(15(18)20)6-3-9-19-16/h1-9H,17H2,(H2,18,20). The first-order valence-electron chi connectivity index (χ1n) is 6.36. The third kappa shape index (κ3) is 2.36. The number of fused-ring (bicyclic) bond motifs is 1. The molecule has 0 saturated carbocycles. The van der Waals surface area contributed by atoms with Crippen molar-refractivity contribution in [2.45, 2.75) is 0 Å². The van der Waals surface area contributed by atoms with Crippen molar-refractivity contribution >= 4 is 22.4 Å². The molecule has 1 aromatic heterocycles. The maximum Gasteiger partial charge on any atom is 0.254 e. The van der Waals surface area contributed by atoms with E-state index < -0.39 is 5.91 Å². The molecule has 0 bridgehead atoms. The second kappa shape index (κ2) is 5.13. The van der Waals surface area contributed by atoms with Gasteiger partial charge in [-0.1, -0.05) is 24.3 Å². The minimum atomic E-state index is -0.585. The highest BCUT2D eigenvalue weighted by Gasteiger charge is 2.13. The Balaban J connectivity index is 2.11. The van der Waals surface area contributed by atoms with Crippen LogP contribution in [0.5, 0.6) is 11.6 Å². The Kier molecular flexibility index (Phi) is 3.16. The van der Waals surface area contributed by atoms with Gasteiger partial charge in [0, 0.05) is 22.7 Å². The SMILES string of the molecule is NC(=O)c1cccnc1Oc1ccc(N)c2ccccc12. The number of carbonyl (C=O) groups is 1. The summed E-state index contributed by atoms with van der Waals surface area (Å²) in [5.41, 5.74) is 12.2. The molecule has 3 aromatic rings. The predicted molar refractivity (Wildman–Crippen MR) is 81.2 cm³/mol. The number of rotatable bonds is 3. The number of nitrogens with zero attached hydrogens (tertiary/aromatic N) is 1. The fourth-order valence-electron chi connectivity index (χ4n) is 2.15. The molecule has 5 heteroatoms. The van der Waals surface area contributed by atoms with Gasteiger partial charge in [-0.05, 0) is 24.3 Å². The third-order valence-electron chi connectivity index (χ3n) is 3.16. The van der Waals surface area contributed by atoms with E-state index in [1.165, 1.54) is 0 Å². The van der Waals surface area contributed by atoms with Gasteiger partial charge in [0.2, 0.25) is 5.88 Å². The molecule has 0 atom stereocenters. The zero-order chi connectivity index (χ0) is 14.8. The summed E-state index contributed by atoms with van der Waals surface area (Å²) in [6.45, 7) is 0. The van der Waals surface area contributed by atoms with Gasteiger partial charge in [-0.2, -0.15) is 0 Å². The van der Waals surface area contributed by atoms with Crippen molar-refractivity contribution in [3.8, 4) is 11.6 Å².